The van der Waals surface area contributed by atoms with E-state index in [1.54, 1.807) is 31.2 Å². The van der Waals surface area contributed by atoms with E-state index in [0.717, 1.165) is 11.4 Å². The van der Waals surface area contributed by atoms with Crippen molar-refractivity contribution in [2.24, 2.45) is 0 Å². The number of carbonyl (C=O) groups is 2. The number of piperazine rings is 1. The fraction of sp³-hybridized carbons (Fsp3) is 0.333. The Bertz CT molecular complexity index is 814. The molecule has 2 aromatic rings. The molecule has 0 aliphatic carbocycles. The lowest BCUT2D eigenvalue weighted by Gasteiger charge is -2.34. The fourth-order valence-electron chi connectivity index (χ4n) is 2.82. The lowest BCUT2D eigenvalue weighted by molar-refractivity contribution is -0.129. The zero-order valence-electron chi connectivity index (χ0n) is 14.8. The molecule has 8 nitrogen and oxygen atoms in total. The number of aromatic nitrogens is 2. The number of carboxylic acids is 1. The monoisotopic (exact) mass is 355 g/mol. The highest BCUT2D eigenvalue weighted by Crippen LogP contribution is 2.20. The first-order valence-corrected chi connectivity index (χ1v) is 8.39. The van der Waals surface area contributed by atoms with Crippen molar-refractivity contribution in [3.63, 3.8) is 0 Å². The molecule has 2 N–H and O–H groups in total. The van der Waals surface area contributed by atoms with E-state index in [-0.39, 0.29) is 11.5 Å². The van der Waals surface area contributed by atoms with Gasteiger partial charge in [-0.1, -0.05) is 0 Å². The number of amides is 1. The predicted octanol–water partition coefficient (Wildman–Crippen LogP) is 1.90. The Balaban J connectivity index is 1.73. The van der Waals surface area contributed by atoms with Gasteiger partial charge in [0.1, 0.15) is 5.82 Å². The zero-order valence-corrected chi connectivity index (χ0v) is 14.8. The van der Waals surface area contributed by atoms with E-state index in [2.05, 4.69) is 20.2 Å². The maximum Gasteiger partial charge on any atom is 0.335 e. The molecular weight excluding hydrogens is 334 g/mol. The van der Waals surface area contributed by atoms with Gasteiger partial charge in [0, 0.05) is 50.6 Å². The van der Waals surface area contributed by atoms with Gasteiger partial charge in [0.25, 0.3) is 0 Å². The first-order valence-electron chi connectivity index (χ1n) is 8.39. The van der Waals surface area contributed by atoms with E-state index in [0.29, 0.717) is 37.9 Å². The summed E-state index contributed by atoms with van der Waals surface area (Å²) in [5.74, 6) is 0.394. The van der Waals surface area contributed by atoms with E-state index in [9.17, 15) is 9.59 Å². The Morgan fingerprint density at radius 3 is 2.31 bits per heavy atom. The number of aromatic carboxylic acids is 1. The van der Waals surface area contributed by atoms with Crippen molar-refractivity contribution in [1.82, 2.24) is 14.9 Å². The minimum atomic E-state index is -0.957. The average molecular weight is 355 g/mol. The van der Waals surface area contributed by atoms with Crippen LogP contribution in [-0.4, -0.2) is 58.0 Å². The Kier molecular flexibility index (Phi) is 5.01. The number of aryl methyl sites for hydroxylation is 1. The fourth-order valence-corrected chi connectivity index (χ4v) is 2.82. The molecule has 136 valence electrons. The summed E-state index contributed by atoms with van der Waals surface area (Å²) in [4.78, 5) is 35.3. The highest BCUT2D eigenvalue weighted by atomic mass is 16.4. The van der Waals surface area contributed by atoms with Gasteiger partial charge < -0.3 is 20.2 Å². The molecule has 1 aliphatic heterocycles. The van der Waals surface area contributed by atoms with E-state index in [4.69, 9.17) is 5.11 Å². The van der Waals surface area contributed by atoms with Gasteiger partial charge in [-0.05, 0) is 31.2 Å². The standard InChI is InChI=1S/C18H21N5O3/c1-12-11-16(20-15-5-3-14(4-6-15)17(25)26)21-18(19-12)23-9-7-22(8-10-23)13(2)24/h3-6,11H,7-10H2,1-2H3,(H,25,26)(H,19,20,21). The number of hydrogen-bond donors (Lipinski definition) is 2. The van der Waals surface area contributed by atoms with Gasteiger partial charge in [0.05, 0.1) is 5.56 Å². The van der Waals surface area contributed by atoms with Gasteiger partial charge in [-0.25, -0.2) is 9.78 Å². The van der Waals surface area contributed by atoms with Crippen LogP contribution in [0.3, 0.4) is 0 Å². The molecule has 1 aliphatic rings. The van der Waals surface area contributed by atoms with Crippen molar-refractivity contribution in [2.75, 3.05) is 36.4 Å². The number of rotatable bonds is 4. The van der Waals surface area contributed by atoms with E-state index in [1.807, 2.05) is 17.9 Å². The number of hydrogen-bond acceptors (Lipinski definition) is 6. The summed E-state index contributed by atoms with van der Waals surface area (Å²) in [6.07, 6.45) is 0. The molecule has 1 fully saturated rings. The second-order valence-corrected chi connectivity index (χ2v) is 6.20. The van der Waals surface area contributed by atoms with Crippen LogP contribution >= 0.6 is 0 Å². The Morgan fingerprint density at radius 1 is 1.08 bits per heavy atom. The van der Waals surface area contributed by atoms with Gasteiger partial charge in [0.2, 0.25) is 11.9 Å². The molecule has 0 saturated carbocycles. The normalized spacial score (nSPS) is 14.2. The van der Waals surface area contributed by atoms with Gasteiger partial charge in [-0.2, -0.15) is 4.98 Å². The average Bonchev–Trinajstić information content (AvgIpc) is 2.61. The lowest BCUT2D eigenvalue weighted by Crippen LogP contribution is -2.48. The molecule has 3 rings (SSSR count). The quantitative estimate of drug-likeness (QED) is 0.864. The van der Waals surface area contributed by atoms with E-state index < -0.39 is 5.97 Å². The van der Waals surface area contributed by atoms with Crippen LogP contribution in [0.2, 0.25) is 0 Å². The summed E-state index contributed by atoms with van der Waals surface area (Å²) in [7, 11) is 0. The summed E-state index contributed by atoms with van der Waals surface area (Å²) >= 11 is 0. The highest BCUT2D eigenvalue weighted by Gasteiger charge is 2.21. The number of carbonyl (C=O) groups excluding carboxylic acids is 1. The van der Waals surface area contributed by atoms with Crippen molar-refractivity contribution in [1.29, 1.82) is 0 Å². The third-order valence-electron chi connectivity index (χ3n) is 4.25. The molecule has 0 spiro atoms. The second-order valence-electron chi connectivity index (χ2n) is 6.20. The van der Waals surface area contributed by atoms with Crippen molar-refractivity contribution in [2.45, 2.75) is 13.8 Å². The molecule has 0 radical (unpaired) electrons. The number of anilines is 3. The smallest absolute Gasteiger partial charge is 0.335 e. The first-order chi connectivity index (χ1) is 12.4. The van der Waals surface area contributed by atoms with Crippen LogP contribution in [0.15, 0.2) is 30.3 Å². The summed E-state index contributed by atoms with van der Waals surface area (Å²) in [5.41, 5.74) is 1.81. The van der Waals surface area contributed by atoms with Crippen LogP contribution in [0.4, 0.5) is 17.5 Å². The van der Waals surface area contributed by atoms with E-state index >= 15 is 0 Å². The topological polar surface area (TPSA) is 98.7 Å². The SMILES string of the molecule is CC(=O)N1CCN(c2nc(C)cc(Nc3ccc(C(=O)O)cc3)n2)CC1. The van der Waals surface area contributed by atoms with Crippen LogP contribution < -0.4 is 10.2 Å². The molecule has 1 aromatic carbocycles. The van der Waals surface area contributed by atoms with Crippen molar-refractivity contribution >= 4 is 29.3 Å². The summed E-state index contributed by atoms with van der Waals surface area (Å²) in [5, 5.41) is 12.1. The first kappa shape index (κ1) is 17.7. The predicted molar refractivity (Wildman–Crippen MR) is 97.9 cm³/mol. The molecule has 2 heterocycles. The molecule has 1 amide bonds. The Morgan fingerprint density at radius 2 is 1.73 bits per heavy atom. The number of nitrogens with zero attached hydrogens (tertiary/aromatic N) is 4. The second kappa shape index (κ2) is 7.38. The summed E-state index contributed by atoms with van der Waals surface area (Å²) < 4.78 is 0. The molecule has 26 heavy (non-hydrogen) atoms. The Hall–Kier alpha value is -3.16. The van der Waals surface area contributed by atoms with Gasteiger partial charge in [-0.15, -0.1) is 0 Å². The van der Waals surface area contributed by atoms with Crippen molar-refractivity contribution in [3.8, 4) is 0 Å². The van der Waals surface area contributed by atoms with Crippen LogP contribution in [-0.2, 0) is 4.79 Å². The molecule has 0 bridgehead atoms. The largest absolute Gasteiger partial charge is 0.478 e. The molecule has 1 aromatic heterocycles. The maximum atomic E-state index is 11.4. The van der Waals surface area contributed by atoms with Crippen LogP contribution in [0, 0.1) is 6.92 Å². The molecule has 1 saturated heterocycles. The minimum absolute atomic E-state index is 0.0852. The molecule has 8 heteroatoms. The summed E-state index contributed by atoms with van der Waals surface area (Å²) in [6, 6.07) is 8.32. The van der Waals surface area contributed by atoms with Crippen LogP contribution in [0.25, 0.3) is 0 Å². The van der Waals surface area contributed by atoms with Gasteiger partial charge in [-0.3, -0.25) is 4.79 Å². The van der Waals surface area contributed by atoms with Crippen molar-refractivity contribution in [3.05, 3.63) is 41.6 Å². The molecule has 0 atom stereocenters. The van der Waals surface area contributed by atoms with Gasteiger partial charge in [0.15, 0.2) is 0 Å². The number of benzene rings is 1. The van der Waals surface area contributed by atoms with Gasteiger partial charge >= 0.3 is 5.97 Å². The minimum Gasteiger partial charge on any atom is -0.478 e. The van der Waals surface area contributed by atoms with Crippen molar-refractivity contribution < 1.29 is 14.7 Å². The lowest BCUT2D eigenvalue weighted by atomic mass is 10.2. The number of carboxylic acid groups (broad SMARTS) is 1. The Labute approximate surface area is 151 Å². The highest BCUT2D eigenvalue weighted by molar-refractivity contribution is 5.88. The molecular formula is C18H21N5O3. The molecule has 0 unspecified atom stereocenters. The number of nitrogens with one attached hydrogen (secondary N) is 1. The maximum absolute atomic E-state index is 11.4. The van der Waals surface area contributed by atoms with E-state index in [1.165, 1.54) is 0 Å². The third kappa shape index (κ3) is 4.08. The zero-order chi connectivity index (χ0) is 18.7. The van der Waals surface area contributed by atoms with Crippen LogP contribution in [0.1, 0.15) is 23.0 Å². The third-order valence-corrected chi connectivity index (χ3v) is 4.25. The van der Waals surface area contributed by atoms with Crippen LogP contribution in [0.5, 0.6) is 0 Å². The summed E-state index contributed by atoms with van der Waals surface area (Å²) in [6.45, 7) is 6.18.